The molecule has 0 amide bonds. The van der Waals surface area contributed by atoms with Crippen molar-refractivity contribution in [1.82, 2.24) is 0 Å². The number of benzene rings is 4. The van der Waals surface area contributed by atoms with Gasteiger partial charge in [0, 0.05) is 25.3 Å². The molecule has 4 nitrogen and oxygen atoms in total. The van der Waals surface area contributed by atoms with Crippen LogP contribution in [-0.2, 0) is 31.1 Å². The van der Waals surface area contributed by atoms with Crippen molar-refractivity contribution in [3.05, 3.63) is 82.9 Å². The first kappa shape index (κ1) is 35.5. The van der Waals surface area contributed by atoms with E-state index in [2.05, 4.69) is 144 Å². The smallest absolute Gasteiger partial charge is 0.188 e. The summed E-state index contributed by atoms with van der Waals surface area (Å²) in [6.45, 7) is 27.6. The molecule has 0 aromatic heterocycles. The van der Waals surface area contributed by atoms with E-state index < -0.39 is 0 Å². The van der Waals surface area contributed by atoms with Crippen LogP contribution in [0.5, 0.6) is 11.5 Å². The highest BCUT2D eigenvalue weighted by atomic mass is 16.7. The number of hydrogen-bond acceptors (Lipinski definition) is 4. The van der Waals surface area contributed by atoms with Gasteiger partial charge in [0.25, 0.3) is 0 Å². The maximum atomic E-state index is 6.29. The third-order valence-corrected chi connectivity index (χ3v) is 8.70. The lowest BCUT2D eigenvalue weighted by Gasteiger charge is -2.28. The fourth-order valence-electron chi connectivity index (χ4n) is 5.72. The topological polar surface area (TPSA) is 36.9 Å². The lowest BCUT2D eigenvalue weighted by atomic mass is 9.77. The van der Waals surface area contributed by atoms with E-state index in [-0.39, 0.29) is 35.2 Å². The van der Waals surface area contributed by atoms with Crippen molar-refractivity contribution in [2.45, 2.75) is 105 Å². The zero-order valence-corrected chi connectivity index (χ0v) is 30.8. The van der Waals surface area contributed by atoms with E-state index in [9.17, 15) is 0 Å². The van der Waals surface area contributed by atoms with Gasteiger partial charge >= 0.3 is 0 Å². The van der Waals surface area contributed by atoms with Gasteiger partial charge in [-0.3, -0.25) is 0 Å². The normalized spacial score (nSPS) is 12.9. The Balaban J connectivity index is 2.18. The zero-order valence-electron chi connectivity index (χ0n) is 30.8. The van der Waals surface area contributed by atoms with Crippen molar-refractivity contribution in [1.29, 1.82) is 0 Å². The summed E-state index contributed by atoms with van der Waals surface area (Å²) in [5, 5.41) is 2.19. The molecule has 0 saturated carbocycles. The van der Waals surface area contributed by atoms with E-state index in [1.54, 1.807) is 14.2 Å². The highest BCUT2D eigenvalue weighted by Gasteiger charge is 2.26. The third kappa shape index (κ3) is 7.78. The molecule has 4 aromatic rings. The lowest BCUT2D eigenvalue weighted by molar-refractivity contribution is 0.0513. The maximum absolute atomic E-state index is 6.29. The summed E-state index contributed by atoms with van der Waals surface area (Å²) in [6.07, 6.45) is 0. The molecule has 0 bridgehead atoms. The summed E-state index contributed by atoms with van der Waals surface area (Å²) in [6, 6.07) is 22.5. The summed E-state index contributed by atoms with van der Waals surface area (Å²) in [5.41, 5.74) is 9.39. The Labute approximate surface area is 278 Å². The molecule has 46 heavy (non-hydrogen) atoms. The standard InChI is InChI=1S/C42H56O4/c1-39(2,3)29-19-27(20-30(23-29)40(4,5)6)37-33-15-18-36(46-26-44-14)38(34(33)16-17-35(37)45-25-43-13)28-21-31(41(7,8)9)24-32(22-28)42(10,11)12/h15-24H,25-26H2,1-14H3. The molecule has 0 radical (unpaired) electrons. The third-order valence-electron chi connectivity index (χ3n) is 8.70. The molecule has 0 atom stereocenters. The van der Waals surface area contributed by atoms with Gasteiger partial charge in [-0.1, -0.05) is 119 Å². The van der Waals surface area contributed by atoms with Crippen LogP contribution in [0.3, 0.4) is 0 Å². The first-order valence-electron chi connectivity index (χ1n) is 16.4. The molecule has 0 spiro atoms. The van der Waals surface area contributed by atoms with Crippen molar-refractivity contribution in [3.63, 3.8) is 0 Å². The number of hydrogen-bond donors (Lipinski definition) is 0. The summed E-state index contributed by atoms with van der Waals surface area (Å²) in [5.74, 6) is 1.58. The Morgan fingerprint density at radius 1 is 0.413 bits per heavy atom. The largest absolute Gasteiger partial charge is 0.467 e. The summed E-state index contributed by atoms with van der Waals surface area (Å²) < 4.78 is 23.4. The maximum Gasteiger partial charge on any atom is 0.188 e. The predicted octanol–water partition coefficient (Wildman–Crippen LogP) is 11.3. The van der Waals surface area contributed by atoms with E-state index in [1.807, 2.05) is 0 Å². The minimum atomic E-state index is -0.0305. The molecule has 4 aromatic carbocycles. The monoisotopic (exact) mass is 624 g/mol. The van der Waals surface area contributed by atoms with Crippen molar-refractivity contribution in [2.24, 2.45) is 0 Å². The molecule has 0 aliphatic carbocycles. The molecule has 0 unspecified atom stereocenters. The van der Waals surface area contributed by atoms with Gasteiger partial charge in [0.2, 0.25) is 0 Å². The van der Waals surface area contributed by atoms with E-state index in [0.29, 0.717) is 0 Å². The van der Waals surface area contributed by atoms with Gasteiger partial charge in [-0.25, -0.2) is 0 Å². The minimum Gasteiger partial charge on any atom is -0.467 e. The fourth-order valence-corrected chi connectivity index (χ4v) is 5.72. The Morgan fingerprint density at radius 3 is 0.935 bits per heavy atom. The average molecular weight is 625 g/mol. The molecule has 0 N–H and O–H groups in total. The van der Waals surface area contributed by atoms with E-state index in [4.69, 9.17) is 18.9 Å². The van der Waals surface area contributed by atoms with Gasteiger partial charge < -0.3 is 18.9 Å². The molecule has 0 aliphatic rings. The summed E-state index contributed by atoms with van der Waals surface area (Å²) >= 11 is 0. The Hall–Kier alpha value is -3.34. The molecular weight excluding hydrogens is 568 g/mol. The molecule has 4 rings (SSSR count). The SMILES string of the molecule is COCOc1ccc2c(-c3cc(C(C)(C)C)cc(C(C)(C)C)c3)c(OCOC)ccc2c1-c1cc(C(C)(C)C)cc(C(C)(C)C)c1. The van der Waals surface area contributed by atoms with Crippen LogP contribution in [0.15, 0.2) is 60.7 Å². The number of ether oxygens (including phenoxy) is 4. The molecule has 0 aliphatic heterocycles. The lowest BCUT2D eigenvalue weighted by Crippen LogP contribution is -2.17. The van der Waals surface area contributed by atoms with Crippen molar-refractivity contribution in [3.8, 4) is 33.8 Å². The van der Waals surface area contributed by atoms with Gasteiger partial charge in [0.15, 0.2) is 13.6 Å². The average Bonchev–Trinajstić information content (AvgIpc) is 2.96. The Bertz CT molecular complexity index is 1490. The van der Waals surface area contributed by atoms with Crippen LogP contribution in [0.1, 0.15) is 105 Å². The van der Waals surface area contributed by atoms with Crippen molar-refractivity contribution >= 4 is 10.8 Å². The van der Waals surface area contributed by atoms with Crippen molar-refractivity contribution in [2.75, 3.05) is 27.8 Å². The van der Waals surface area contributed by atoms with Gasteiger partial charge in [0.05, 0.1) is 0 Å². The molecule has 4 heteroatoms. The number of rotatable bonds is 8. The predicted molar refractivity (Wildman–Crippen MR) is 195 cm³/mol. The van der Waals surface area contributed by atoms with Gasteiger partial charge in [-0.15, -0.1) is 0 Å². The Morgan fingerprint density at radius 2 is 0.696 bits per heavy atom. The second-order valence-electron chi connectivity index (χ2n) is 16.7. The van der Waals surface area contributed by atoms with Crippen LogP contribution in [0.25, 0.3) is 33.0 Å². The van der Waals surface area contributed by atoms with Gasteiger partial charge in [0.1, 0.15) is 11.5 Å². The van der Waals surface area contributed by atoms with E-state index in [0.717, 1.165) is 44.5 Å². The van der Waals surface area contributed by atoms with Crippen molar-refractivity contribution < 1.29 is 18.9 Å². The molecule has 0 saturated heterocycles. The second-order valence-corrected chi connectivity index (χ2v) is 16.7. The highest BCUT2D eigenvalue weighted by molar-refractivity contribution is 6.08. The van der Waals surface area contributed by atoms with Crippen LogP contribution in [0.2, 0.25) is 0 Å². The number of methoxy groups -OCH3 is 2. The van der Waals surface area contributed by atoms with Crippen LogP contribution in [0.4, 0.5) is 0 Å². The zero-order chi connectivity index (χ0) is 34.2. The second kappa shape index (κ2) is 13.0. The molecular formula is C42H56O4. The minimum absolute atomic E-state index is 0.0305. The van der Waals surface area contributed by atoms with Crippen LogP contribution in [0, 0.1) is 0 Å². The molecule has 248 valence electrons. The molecule has 0 heterocycles. The van der Waals surface area contributed by atoms with Crippen LogP contribution in [-0.4, -0.2) is 27.8 Å². The quantitative estimate of drug-likeness (QED) is 0.183. The highest BCUT2D eigenvalue weighted by Crippen LogP contribution is 2.47. The van der Waals surface area contributed by atoms with E-state index >= 15 is 0 Å². The van der Waals surface area contributed by atoms with E-state index in [1.165, 1.54) is 22.3 Å². The van der Waals surface area contributed by atoms with Gasteiger partial charge in [-0.05, 0) is 90.1 Å². The van der Waals surface area contributed by atoms with Crippen LogP contribution >= 0.6 is 0 Å². The first-order valence-corrected chi connectivity index (χ1v) is 16.4. The summed E-state index contributed by atoms with van der Waals surface area (Å²) in [7, 11) is 3.32. The fraction of sp³-hybridized carbons (Fsp3) is 0.476. The first-order chi connectivity index (χ1) is 21.3. The Kier molecular flexibility index (Phi) is 10.1. The number of fused-ring (bicyclic) bond motifs is 1. The van der Waals surface area contributed by atoms with Gasteiger partial charge in [-0.2, -0.15) is 0 Å². The van der Waals surface area contributed by atoms with Crippen LogP contribution < -0.4 is 9.47 Å². The summed E-state index contributed by atoms with van der Waals surface area (Å²) in [4.78, 5) is 0. The molecule has 0 fully saturated rings.